The summed E-state index contributed by atoms with van der Waals surface area (Å²) >= 11 is 0. The number of hydrogen-bond donors (Lipinski definition) is 1. The van der Waals surface area contributed by atoms with E-state index in [1.807, 2.05) is 42.5 Å². The lowest BCUT2D eigenvalue weighted by Gasteiger charge is -2.09. The number of hydrogen-bond acceptors (Lipinski definition) is 4. The molecule has 19 heavy (non-hydrogen) atoms. The molecule has 100 valence electrons. The van der Waals surface area contributed by atoms with Gasteiger partial charge in [0, 0.05) is 30.9 Å². The number of nitrogens with zero attached hydrogens (tertiary/aromatic N) is 1. The minimum absolute atomic E-state index is 0.589. The fourth-order valence-corrected chi connectivity index (χ4v) is 1.73. The van der Waals surface area contributed by atoms with Crippen molar-refractivity contribution in [3.63, 3.8) is 0 Å². The molecule has 1 heterocycles. The number of rotatable bonds is 7. The van der Waals surface area contributed by atoms with Gasteiger partial charge in [-0.25, -0.2) is 4.98 Å². The number of pyridine rings is 1. The van der Waals surface area contributed by atoms with Crippen LogP contribution in [0.15, 0.2) is 48.7 Å². The molecule has 0 fully saturated rings. The van der Waals surface area contributed by atoms with Gasteiger partial charge in [0.1, 0.15) is 12.4 Å². The van der Waals surface area contributed by atoms with Crippen molar-refractivity contribution in [3.05, 3.63) is 54.2 Å². The molecule has 1 N–H and O–H groups in total. The molecule has 0 atom stereocenters. The molecule has 0 aliphatic carbocycles. The second-order valence-electron chi connectivity index (χ2n) is 4.01. The molecule has 0 spiro atoms. The van der Waals surface area contributed by atoms with Crippen LogP contribution in [0.3, 0.4) is 0 Å². The predicted molar refractivity (Wildman–Crippen MR) is 74.4 cm³/mol. The molecule has 0 bridgehead atoms. The quantitative estimate of drug-likeness (QED) is 0.774. The Kier molecular flexibility index (Phi) is 5.19. The Bertz CT molecular complexity index is 489. The van der Waals surface area contributed by atoms with Crippen LogP contribution >= 0.6 is 0 Å². The highest BCUT2D eigenvalue weighted by atomic mass is 16.5. The lowest BCUT2D eigenvalue weighted by molar-refractivity contribution is 0.301. The van der Waals surface area contributed by atoms with Gasteiger partial charge in [-0.05, 0) is 12.1 Å². The second kappa shape index (κ2) is 7.38. The minimum Gasteiger partial charge on any atom is -0.496 e. The van der Waals surface area contributed by atoms with Gasteiger partial charge in [0.15, 0.2) is 0 Å². The number of methoxy groups -OCH3 is 1. The summed E-state index contributed by atoms with van der Waals surface area (Å²) in [7, 11) is 1.68. The summed E-state index contributed by atoms with van der Waals surface area (Å²) in [5, 5.41) is 3.31. The van der Waals surface area contributed by atoms with Crippen LogP contribution in [0.25, 0.3) is 0 Å². The molecule has 0 unspecified atom stereocenters. The first-order valence-corrected chi connectivity index (χ1v) is 6.26. The summed E-state index contributed by atoms with van der Waals surface area (Å²) in [5.74, 6) is 1.56. The Morgan fingerprint density at radius 2 is 1.95 bits per heavy atom. The molecule has 0 aliphatic rings. The maximum Gasteiger partial charge on any atom is 0.213 e. The van der Waals surface area contributed by atoms with E-state index >= 15 is 0 Å². The molecule has 0 aliphatic heterocycles. The maximum absolute atomic E-state index is 5.50. The molecule has 1 aromatic heterocycles. The lowest BCUT2D eigenvalue weighted by Crippen LogP contribution is -2.21. The van der Waals surface area contributed by atoms with Gasteiger partial charge in [0.25, 0.3) is 0 Å². The van der Waals surface area contributed by atoms with Crippen molar-refractivity contribution in [3.8, 4) is 11.6 Å². The van der Waals surface area contributed by atoms with Crippen LogP contribution in [0.2, 0.25) is 0 Å². The van der Waals surface area contributed by atoms with Crippen molar-refractivity contribution >= 4 is 0 Å². The summed E-state index contributed by atoms with van der Waals surface area (Å²) in [5.41, 5.74) is 1.14. The largest absolute Gasteiger partial charge is 0.496 e. The average molecular weight is 258 g/mol. The van der Waals surface area contributed by atoms with E-state index < -0.39 is 0 Å². The molecule has 0 saturated heterocycles. The molecule has 2 aromatic rings. The number of nitrogens with one attached hydrogen (secondary N) is 1. The Labute approximate surface area is 113 Å². The normalized spacial score (nSPS) is 10.2. The first kappa shape index (κ1) is 13.4. The smallest absolute Gasteiger partial charge is 0.213 e. The number of para-hydroxylation sites is 1. The second-order valence-corrected chi connectivity index (χ2v) is 4.01. The zero-order chi connectivity index (χ0) is 13.3. The maximum atomic E-state index is 5.50. The van der Waals surface area contributed by atoms with E-state index in [-0.39, 0.29) is 0 Å². The van der Waals surface area contributed by atoms with Crippen LogP contribution in [0.1, 0.15) is 5.56 Å². The first-order chi connectivity index (χ1) is 9.40. The standard InChI is InChI=1S/C15H18N2O2/c1-18-14-7-3-2-6-13(14)12-16-10-11-19-15-8-4-5-9-17-15/h2-9,16H,10-12H2,1H3. The van der Waals surface area contributed by atoms with E-state index in [1.165, 1.54) is 0 Å². The third kappa shape index (κ3) is 4.26. The summed E-state index contributed by atoms with van der Waals surface area (Å²) in [4.78, 5) is 4.09. The zero-order valence-electron chi connectivity index (χ0n) is 11.0. The summed E-state index contributed by atoms with van der Waals surface area (Å²) in [6.07, 6.45) is 1.72. The van der Waals surface area contributed by atoms with Crippen molar-refractivity contribution in [2.75, 3.05) is 20.3 Å². The molecule has 4 nitrogen and oxygen atoms in total. The number of aromatic nitrogens is 1. The molecule has 0 radical (unpaired) electrons. The first-order valence-electron chi connectivity index (χ1n) is 6.26. The van der Waals surface area contributed by atoms with Crippen LogP contribution in [-0.2, 0) is 6.54 Å². The summed E-state index contributed by atoms with van der Waals surface area (Å²) in [6.45, 7) is 2.11. The minimum atomic E-state index is 0.589. The topological polar surface area (TPSA) is 43.4 Å². The zero-order valence-corrected chi connectivity index (χ0v) is 11.0. The molecular formula is C15H18N2O2. The van der Waals surface area contributed by atoms with Gasteiger partial charge < -0.3 is 14.8 Å². The van der Waals surface area contributed by atoms with Crippen LogP contribution < -0.4 is 14.8 Å². The molecule has 0 amide bonds. The highest BCUT2D eigenvalue weighted by molar-refractivity contribution is 5.32. The summed E-state index contributed by atoms with van der Waals surface area (Å²) < 4.78 is 10.8. The average Bonchev–Trinajstić information content (AvgIpc) is 2.48. The van der Waals surface area contributed by atoms with Gasteiger partial charge in [-0.2, -0.15) is 0 Å². The van der Waals surface area contributed by atoms with Crippen molar-refractivity contribution < 1.29 is 9.47 Å². The van der Waals surface area contributed by atoms with Crippen molar-refractivity contribution in [2.45, 2.75) is 6.54 Å². The van der Waals surface area contributed by atoms with Crippen molar-refractivity contribution in [2.24, 2.45) is 0 Å². The van der Waals surface area contributed by atoms with Crippen LogP contribution in [0.4, 0.5) is 0 Å². The number of benzene rings is 1. The lowest BCUT2D eigenvalue weighted by atomic mass is 10.2. The Balaban J connectivity index is 1.69. The van der Waals surface area contributed by atoms with Gasteiger partial charge in [0.05, 0.1) is 7.11 Å². The van der Waals surface area contributed by atoms with E-state index in [0.29, 0.717) is 12.5 Å². The molecule has 4 heteroatoms. The van der Waals surface area contributed by atoms with Crippen LogP contribution in [-0.4, -0.2) is 25.2 Å². The van der Waals surface area contributed by atoms with Gasteiger partial charge in [0.2, 0.25) is 5.88 Å². The van der Waals surface area contributed by atoms with Gasteiger partial charge in [-0.3, -0.25) is 0 Å². The third-order valence-electron chi connectivity index (χ3n) is 2.67. The van der Waals surface area contributed by atoms with E-state index in [1.54, 1.807) is 13.3 Å². The van der Waals surface area contributed by atoms with Crippen LogP contribution in [0.5, 0.6) is 11.6 Å². The van der Waals surface area contributed by atoms with Crippen LogP contribution in [0, 0.1) is 0 Å². The van der Waals surface area contributed by atoms with E-state index in [0.717, 1.165) is 24.4 Å². The highest BCUT2D eigenvalue weighted by Gasteiger charge is 2.00. The number of ether oxygens (including phenoxy) is 2. The molecular weight excluding hydrogens is 240 g/mol. The Morgan fingerprint density at radius 1 is 1.11 bits per heavy atom. The molecule has 2 rings (SSSR count). The monoisotopic (exact) mass is 258 g/mol. The predicted octanol–water partition coefficient (Wildman–Crippen LogP) is 2.26. The molecule has 0 saturated carbocycles. The van der Waals surface area contributed by atoms with E-state index in [4.69, 9.17) is 9.47 Å². The fourth-order valence-electron chi connectivity index (χ4n) is 1.73. The Morgan fingerprint density at radius 3 is 2.74 bits per heavy atom. The third-order valence-corrected chi connectivity index (χ3v) is 2.67. The van der Waals surface area contributed by atoms with Crippen molar-refractivity contribution in [1.82, 2.24) is 10.3 Å². The fraction of sp³-hybridized carbons (Fsp3) is 0.267. The van der Waals surface area contributed by atoms with Gasteiger partial charge in [-0.15, -0.1) is 0 Å². The van der Waals surface area contributed by atoms with E-state index in [9.17, 15) is 0 Å². The molecule has 1 aromatic carbocycles. The van der Waals surface area contributed by atoms with Crippen molar-refractivity contribution in [1.29, 1.82) is 0 Å². The SMILES string of the molecule is COc1ccccc1CNCCOc1ccccn1. The van der Waals surface area contributed by atoms with Gasteiger partial charge >= 0.3 is 0 Å². The summed E-state index contributed by atoms with van der Waals surface area (Å²) in [6, 6.07) is 13.6. The van der Waals surface area contributed by atoms with E-state index in [2.05, 4.69) is 10.3 Å². The van der Waals surface area contributed by atoms with Gasteiger partial charge in [-0.1, -0.05) is 24.3 Å². The highest BCUT2D eigenvalue weighted by Crippen LogP contribution is 2.16. The Hall–Kier alpha value is -2.07.